The van der Waals surface area contributed by atoms with E-state index in [0.29, 0.717) is 18.0 Å². The number of rotatable bonds is 10. The summed E-state index contributed by atoms with van der Waals surface area (Å²) in [4.78, 5) is 18.6. The number of aliphatic hydroxyl groups excluding tert-OH is 1. The minimum Gasteiger partial charge on any atom is -0.397 e. The van der Waals surface area contributed by atoms with Crippen molar-refractivity contribution in [2.24, 2.45) is 5.73 Å². The molecule has 3 atom stereocenters. The van der Waals surface area contributed by atoms with Crippen molar-refractivity contribution in [2.75, 3.05) is 46.4 Å². The maximum Gasteiger partial charge on any atom is 0.319 e. The molecule has 2 fully saturated rings. The van der Waals surface area contributed by atoms with Gasteiger partial charge in [-0.1, -0.05) is 84.9 Å². The number of nitrogens with zero attached hydrogens (tertiary/aromatic N) is 2. The number of carbonyl (C=O) groups excluding carboxylic acids is 1. The van der Waals surface area contributed by atoms with Gasteiger partial charge in [0.05, 0.1) is 30.1 Å². The summed E-state index contributed by atoms with van der Waals surface area (Å²) >= 11 is 0. The molecular formula is C35H45N5O3. The fourth-order valence-corrected chi connectivity index (χ4v) is 6.39. The number of hydrogen-bond donors (Lipinski definition) is 4. The van der Waals surface area contributed by atoms with E-state index >= 15 is 0 Å². The number of likely N-dealkylation sites (tertiary alicyclic amines) is 2. The molecule has 5 N–H and O–H groups in total. The molecule has 0 saturated carbocycles. The van der Waals surface area contributed by atoms with Crippen LogP contribution in [0.15, 0.2) is 84.9 Å². The van der Waals surface area contributed by atoms with Gasteiger partial charge in [-0.25, -0.2) is 4.79 Å². The van der Waals surface area contributed by atoms with Crippen LogP contribution in [0.2, 0.25) is 0 Å². The quantitative estimate of drug-likeness (QED) is 0.264. The van der Waals surface area contributed by atoms with Crippen molar-refractivity contribution < 1.29 is 14.6 Å². The van der Waals surface area contributed by atoms with Crippen LogP contribution in [0.4, 0.5) is 4.79 Å². The molecule has 2 aliphatic rings. The molecule has 0 bridgehead atoms. The molecule has 228 valence electrons. The maximum atomic E-state index is 13.8. The van der Waals surface area contributed by atoms with E-state index in [-0.39, 0.29) is 30.1 Å². The van der Waals surface area contributed by atoms with Gasteiger partial charge in [0.1, 0.15) is 0 Å². The number of benzene rings is 3. The lowest BCUT2D eigenvalue weighted by molar-refractivity contribution is 0.0644. The molecule has 0 spiro atoms. The van der Waals surface area contributed by atoms with Crippen LogP contribution in [0.3, 0.4) is 0 Å². The number of amides is 2. The van der Waals surface area contributed by atoms with Crippen molar-refractivity contribution in [3.8, 4) is 0 Å². The van der Waals surface area contributed by atoms with Crippen LogP contribution in [0.1, 0.15) is 54.0 Å². The van der Waals surface area contributed by atoms with Gasteiger partial charge in [-0.05, 0) is 36.5 Å². The average Bonchev–Trinajstić information content (AvgIpc) is 3.45. The number of urea groups is 1. The predicted octanol–water partition coefficient (Wildman–Crippen LogP) is 4.40. The van der Waals surface area contributed by atoms with Crippen molar-refractivity contribution in [3.05, 3.63) is 107 Å². The lowest BCUT2D eigenvalue weighted by Crippen LogP contribution is -2.45. The number of ether oxygens (including phenoxy) is 1. The summed E-state index contributed by atoms with van der Waals surface area (Å²) in [6, 6.07) is 28.0. The van der Waals surface area contributed by atoms with Crippen molar-refractivity contribution in [1.29, 1.82) is 0 Å². The molecule has 1 unspecified atom stereocenters. The summed E-state index contributed by atoms with van der Waals surface area (Å²) in [5, 5.41) is 16.6. The molecule has 3 aromatic carbocycles. The van der Waals surface area contributed by atoms with Crippen LogP contribution >= 0.6 is 0 Å². The van der Waals surface area contributed by atoms with Crippen LogP contribution in [0.5, 0.6) is 0 Å². The molecule has 2 aliphatic heterocycles. The summed E-state index contributed by atoms with van der Waals surface area (Å²) in [7, 11) is 1.71. The zero-order valence-electron chi connectivity index (χ0n) is 25.3. The van der Waals surface area contributed by atoms with Crippen LogP contribution in [0, 0.1) is 0 Å². The number of aliphatic hydroxyl groups is 1. The number of carbonyl (C=O) groups is 1. The Labute approximate surface area is 255 Å². The minimum absolute atomic E-state index is 0.0765. The Balaban J connectivity index is 1.43. The second-order valence-electron chi connectivity index (χ2n) is 11.7. The third kappa shape index (κ3) is 7.64. The summed E-state index contributed by atoms with van der Waals surface area (Å²) < 4.78 is 5.33. The normalized spacial score (nSPS) is 21.3. The molecule has 0 aliphatic carbocycles. The maximum absolute atomic E-state index is 13.8. The Morgan fingerprint density at radius 1 is 0.977 bits per heavy atom. The predicted molar refractivity (Wildman–Crippen MR) is 172 cm³/mol. The molecule has 2 heterocycles. The van der Waals surface area contributed by atoms with Gasteiger partial charge < -0.3 is 26.2 Å². The largest absolute Gasteiger partial charge is 0.397 e. The number of nitrogens with one attached hydrogen (secondary N) is 2. The van der Waals surface area contributed by atoms with Crippen molar-refractivity contribution in [2.45, 2.75) is 43.9 Å². The van der Waals surface area contributed by atoms with E-state index in [0.717, 1.165) is 62.3 Å². The summed E-state index contributed by atoms with van der Waals surface area (Å²) in [5.41, 5.74) is 12.0. The fourth-order valence-electron chi connectivity index (χ4n) is 6.39. The Morgan fingerprint density at radius 3 is 2.33 bits per heavy atom. The monoisotopic (exact) mass is 583 g/mol. The van der Waals surface area contributed by atoms with E-state index in [1.165, 1.54) is 5.56 Å². The molecule has 5 rings (SSSR count). The first-order chi connectivity index (χ1) is 20.9. The van der Waals surface area contributed by atoms with Gasteiger partial charge >= 0.3 is 6.03 Å². The van der Waals surface area contributed by atoms with Gasteiger partial charge in [-0.3, -0.25) is 9.80 Å². The summed E-state index contributed by atoms with van der Waals surface area (Å²) in [6.45, 7) is 6.86. The Bertz CT molecular complexity index is 1360. The fraction of sp³-hybridized carbons (Fsp3) is 0.400. The van der Waals surface area contributed by atoms with Crippen LogP contribution in [-0.2, 0) is 4.74 Å². The summed E-state index contributed by atoms with van der Waals surface area (Å²) in [5.74, 6) is 0.157. The van der Waals surface area contributed by atoms with Crippen LogP contribution < -0.4 is 16.4 Å². The molecule has 8 nitrogen and oxygen atoms in total. The third-order valence-corrected chi connectivity index (χ3v) is 8.87. The van der Waals surface area contributed by atoms with E-state index in [1.807, 2.05) is 66.7 Å². The average molecular weight is 584 g/mol. The lowest BCUT2D eigenvalue weighted by Gasteiger charge is -2.35. The molecule has 43 heavy (non-hydrogen) atoms. The zero-order chi connectivity index (χ0) is 30.2. The van der Waals surface area contributed by atoms with E-state index in [1.54, 1.807) is 7.11 Å². The molecule has 8 heteroatoms. The van der Waals surface area contributed by atoms with Gasteiger partial charge in [0.2, 0.25) is 0 Å². The second kappa shape index (κ2) is 14.7. The Morgan fingerprint density at radius 2 is 1.63 bits per heavy atom. The highest BCUT2D eigenvalue weighted by molar-refractivity contribution is 5.97. The molecule has 0 radical (unpaired) electrons. The van der Waals surface area contributed by atoms with Crippen LogP contribution in [-0.4, -0.2) is 79.5 Å². The summed E-state index contributed by atoms with van der Waals surface area (Å²) in [6.07, 6.45) is 1.27. The Kier molecular flexibility index (Phi) is 10.5. The standard InChI is InChI=1S/C35H45N5O3/c1-25(40-19-17-28(41)18-20-40)29-15-9-10-16-30(29)34(33(36)27-13-7-4-8-14-27)38-35(42)37-32-24-39(21-22-43-2)23-31(32)26-11-5-3-6-12-26/h3-16,25,28,31-32,41H,17-24,36H2,1-2H3,(H2,37,38,42)/b34-33+/t25?,31-,32+/m0/s1. The second-order valence-corrected chi connectivity index (χ2v) is 11.7. The van der Waals surface area contributed by atoms with Gasteiger partial charge in [0.25, 0.3) is 0 Å². The first-order valence-electron chi connectivity index (χ1n) is 15.3. The minimum atomic E-state index is -0.281. The van der Waals surface area contributed by atoms with Crippen LogP contribution in [0.25, 0.3) is 11.4 Å². The first-order valence-corrected chi connectivity index (χ1v) is 15.3. The molecular weight excluding hydrogens is 538 g/mol. The number of nitrogens with two attached hydrogens (primary N) is 1. The zero-order valence-corrected chi connectivity index (χ0v) is 25.3. The van der Waals surface area contributed by atoms with E-state index in [9.17, 15) is 9.90 Å². The molecule has 0 aromatic heterocycles. The van der Waals surface area contributed by atoms with E-state index in [4.69, 9.17) is 10.5 Å². The van der Waals surface area contributed by atoms with Crippen molar-refractivity contribution in [3.63, 3.8) is 0 Å². The molecule has 2 amide bonds. The SMILES string of the molecule is COCCN1C[C@@H](NC(=O)N/C(=C(/N)c2ccccc2)c2ccccc2C(C)N2CCC(O)CC2)[C@H](c2ccccc2)C1. The number of methoxy groups -OCH3 is 1. The van der Waals surface area contributed by atoms with E-state index in [2.05, 4.69) is 45.6 Å². The Hall–Kier alpha value is -3.69. The molecule has 2 saturated heterocycles. The highest BCUT2D eigenvalue weighted by atomic mass is 16.5. The third-order valence-electron chi connectivity index (χ3n) is 8.87. The van der Waals surface area contributed by atoms with Gasteiger partial charge in [0, 0.05) is 57.4 Å². The van der Waals surface area contributed by atoms with Gasteiger partial charge in [0.15, 0.2) is 0 Å². The topological polar surface area (TPSA) is 103 Å². The smallest absolute Gasteiger partial charge is 0.319 e. The molecule has 3 aromatic rings. The first kappa shape index (κ1) is 30.8. The highest BCUT2D eigenvalue weighted by Crippen LogP contribution is 2.32. The van der Waals surface area contributed by atoms with E-state index < -0.39 is 0 Å². The number of hydrogen-bond acceptors (Lipinski definition) is 6. The number of piperidine rings is 1. The lowest BCUT2D eigenvalue weighted by atomic mass is 9.94. The van der Waals surface area contributed by atoms with Crippen molar-refractivity contribution >= 4 is 17.4 Å². The van der Waals surface area contributed by atoms with Gasteiger partial charge in [-0.2, -0.15) is 0 Å². The highest BCUT2D eigenvalue weighted by Gasteiger charge is 2.35. The van der Waals surface area contributed by atoms with Gasteiger partial charge in [-0.15, -0.1) is 0 Å². The van der Waals surface area contributed by atoms with Crippen molar-refractivity contribution in [1.82, 2.24) is 20.4 Å².